The van der Waals surface area contributed by atoms with E-state index in [9.17, 15) is 9.18 Å². The fourth-order valence-electron chi connectivity index (χ4n) is 3.60. The zero-order valence-corrected chi connectivity index (χ0v) is 15.3. The standard InChI is InChI=1S/C19H28FN3O3/c1-25-16-4-5-17(20)15(11-16)12-18(14-3-2-6-22-13-14)26-19(24)23-9-7-21-8-10-23/h4-5,11,14,18,21-22H,2-3,6-10,12-13H2,1H3. The summed E-state index contributed by atoms with van der Waals surface area (Å²) in [6.45, 7) is 4.59. The first kappa shape index (κ1) is 18.9. The van der Waals surface area contributed by atoms with Gasteiger partial charge < -0.3 is 25.0 Å². The van der Waals surface area contributed by atoms with Crippen molar-refractivity contribution in [2.45, 2.75) is 25.4 Å². The van der Waals surface area contributed by atoms with Gasteiger partial charge in [0, 0.05) is 45.1 Å². The number of ether oxygens (including phenoxy) is 2. The van der Waals surface area contributed by atoms with Crippen molar-refractivity contribution in [3.8, 4) is 5.75 Å². The van der Waals surface area contributed by atoms with Crippen LogP contribution in [0.3, 0.4) is 0 Å². The largest absolute Gasteiger partial charge is 0.497 e. The van der Waals surface area contributed by atoms with Gasteiger partial charge in [0.2, 0.25) is 0 Å². The van der Waals surface area contributed by atoms with Gasteiger partial charge in [-0.1, -0.05) is 0 Å². The van der Waals surface area contributed by atoms with Crippen molar-refractivity contribution >= 4 is 6.09 Å². The van der Waals surface area contributed by atoms with Gasteiger partial charge in [-0.25, -0.2) is 9.18 Å². The Morgan fingerprint density at radius 3 is 2.81 bits per heavy atom. The minimum Gasteiger partial charge on any atom is -0.497 e. The Hall–Kier alpha value is -1.86. The number of benzene rings is 1. The fraction of sp³-hybridized carbons (Fsp3) is 0.632. The highest BCUT2D eigenvalue weighted by Crippen LogP contribution is 2.25. The number of amides is 1. The summed E-state index contributed by atoms with van der Waals surface area (Å²) in [5.74, 6) is 0.495. The summed E-state index contributed by atoms with van der Waals surface area (Å²) >= 11 is 0. The average molecular weight is 365 g/mol. The highest BCUT2D eigenvalue weighted by Gasteiger charge is 2.30. The molecule has 0 bridgehead atoms. The molecular formula is C19H28FN3O3. The third kappa shape index (κ3) is 4.86. The highest BCUT2D eigenvalue weighted by atomic mass is 19.1. The molecule has 2 aliphatic heterocycles. The minimum atomic E-state index is -0.355. The van der Waals surface area contributed by atoms with Crippen molar-refractivity contribution in [1.29, 1.82) is 0 Å². The third-order valence-electron chi connectivity index (χ3n) is 5.16. The van der Waals surface area contributed by atoms with E-state index in [1.165, 1.54) is 6.07 Å². The van der Waals surface area contributed by atoms with Crippen LogP contribution < -0.4 is 15.4 Å². The quantitative estimate of drug-likeness (QED) is 0.833. The van der Waals surface area contributed by atoms with Gasteiger partial charge in [0.05, 0.1) is 7.11 Å². The molecule has 2 aliphatic rings. The van der Waals surface area contributed by atoms with Gasteiger partial charge in [0.1, 0.15) is 17.7 Å². The second kappa shape index (κ2) is 9.19. The molecule has 7 heteroatoms. The van der Waals surface area contributed by atoms with Crippen LogP contribution in [0.1, 0.15) is 18.4 Å². The molecule has 144 valence electrons. The summed E-state index contributed by atoms with van der Waals surface area (Å²) in [6, 6.07) is 4.70. The van der Waals surface area contributed by atoms with Gasteiger partial charge >= 0.3 is 6.09 Å². The Kier molecular flexibility index (Phi) is 6.68. The van der Waals surface area contributed by atoms with Crippen LogP contribution in [0.15, 0.2) is 18.2 Å². The van der Waals surface area contributed by atoms with E-state index in [2.05, 4.69) is 10.6 Å². The molecule has 6 nitrogen and oxygen atoms in total. The van der Waals surface area contributed by atoms with Crippen LogP contribution >= 0.6 is 0 Å². The van der Waals surface area contributed by atoms with Gasteiger partial charge in [-0.2, -0.15) is 0 Å². The van der Waals surface area contributed by atoms with Gasteiger partial charge in [0.15, 0.2) is 0 Å². The first-order valence-electron chi connectivity index (χ1n) is 9.37. The lowest BCUT2D eigenvalue weighted by Crippen LogP contribution is -2.49. The van der Waals surface area contributed by atoms with Crippen LogP contribution in [0.4, 0.5) is 9.18 Å². The number of hydrogen-bond acceptors (Lipinski definition) is 5. The molecule has 26 heavy (non-hydrogen) atoms. The van der Waals surface area contributed by atoms with E-state index in [-0.39, 0.29) is 23.9 Å². The lowest BCUT2D eigenvalue weighted by atomic mass is 9.89. The van der Waals surface area contributed by atoms with Crippen LogP contribution in [0, 0.1) is 11.7 Å². The first-order chi connectivity index (χ1) is 12.7. The van der Waals surface area contributed by atoms with Crippen LogP contribution in [-0.2, 0) is 11.2 Å². The predicted octanol–water partition coefficient (Wildman–Crippen LogP) is 1.79. The van der Waals surface area contributed by atoms with E-state index in [1.807, 2.05) is 0 Å². The zero-order valence-electron chi connectivity index (χ0n) is 15.3. The monoisotopic (exact) mass is 365 g/mol. The van der Waals surface area contributed by atoms with Crippen LogP contribution in [0.5, 0.6) is 5.75 Å². The molecule has 2 N–H and O–H groups in total. The zero-order chi connectivity index (χ0) is 18.4. The number of carbonyl (C=O) groups excluding carboxylic acids is 1. The maximum absolute atomic E-state index is 14.3. The number of nitrogens with zero attached hydrogens (tertiary/aromatic N) is 1. The molecule has 2 heterocycles. The molecule has 0 aromatic heterocycles. The van der Waals surface area contributed by atoms with E-state index >= 15 is 0 Å². The first-order valence-corrected chi connectivity index (χ1v) is 9.37. The summed E-state index contributed by atoms with van der Waals surface area (Å²) in [4.78, 5) is 14.3. The molecule has 1 aromatic carbocycles. The molecule has 2 atom stereocenters. The van der Waals surface area contributed by atoms with Crippen molar-refractivity contribution in [2.75, 3.05) is 46.4 Å². The number of nitrogens with one attached hydrogen (secondary N) is 2. The van der Waals surface area contributed by atoms with E-state index in [4.69, 9.17) is 9.47 Å². The Morgan fingerprint density at radius 2 is 2.12 bits per heavy atom. The molecule has 2 saturated heterocycles. The molecule has 0 aliphatic carbocycles. The highest BCUT2D eigenvalue weighted by molar-refractivity contribution is 5.68. The topological polar surface area (TPSA) is 62.8 Å². The Labute approximate surface area is 154 Å². The van der Waals surface area contributed by atoms with Crippen molar-refractivity contribution < 1.29 is 18.7 Å². The normalized spacial score (nSPS) is 21.9. The number of methoxy groups -OCH3 is 1. The molecule has 0 radical (unpaired) electrons. The fourth-order valence-corrected chi connectivity index (χ4v) is 3.60. The van der Waals surface area contributed by atoms with E-state index in [0.717, 1.165) is 39.0 Å². The van der Waals surface area contributed by atoms with Crippen LogP contribution in [-0.4, -0.2) is 63.5 Å². The number of hydrogen-bond donors (Lipinski definition) is 2. The molecule has 1 aromatic rings. The second-order valence-corrected chi connectivity index (χ2v) is 6.93. The van der Waals surface area contributed by atoms with Crippen molar-refractivity contribution in [1.82, 2.24) is 15.5 Å². The Bertz CT molecular complexity index is 602. The number of halogens is 1. The third-order valence-corrected chi connectivity index (χ3v) is 5.16. The van der Waals surface area contributed by atoms with E-state index < -0.39 is 0 Å². The Morgan fingerprint density at radius 1 is 1.31 bits per heavy atom. The van der Waals surface area contributed by atoms with Crippen molar-refractivity contribution in [3.05, 3.63) is 29.6 Å². The molecule has 2 fully saturated rings. The van der Waals surface area contributed by atoms with Crippen molar-refractivity contribution in [3.63, 3.8) is 0 Å². The van der Waals surface area contributed by atoms with E-state index in [1.54, 1.807) is 24.1 Å². The molecular weight excluding hydrogens is 337 g/mol. The smallest absolute Gasteiger partial charge is 0.410 e. The summed E-state index contributed by atoms with van der Waals surface area (Å²) in [6.07, 6.45) is 1.70. The number of rotatable bonds is 5. The molecule has 0 saturated carbocycles. The van der Waals surface area contributed by atoms with Crippen molar-refractivity contribution in [2.24, 2.45) is 5.92 Å². The maximum atomic E-state index is 14.3. The van der Waals surface area contributed by atoms with Gasteiger partial charge in [-0.05, 0) is 43.1 Å². The number of piperidine rings is 1. The maximum Gasteiger partial charge on any atom is 0.410 e. The number of piperazine rings is 1. The lowest BCUT2D eigenvalue weighted by molar-refractivity contribution is 0.0257. The lowest BCUT2D eigenvalue weighted by Gasteiger charge is -2.33. The van der Waals surface area contributed by atoms with Crippen LogP contribution in [0.25, 0.3) is 0 Å². The summed E-state index contributed by atoms with van der Waals surface area (Å²) in [7, 11) is 1.56. The average Bonchev–Trinajstić information content (AvgIpc) is 2.70. The molecule has 1 amide bonds. The summed E-state index contributed by atoms with van der Waals surface area (Å²) in [5.41, 5.74) is 0.521. The SMILES string of the molecule is COc1ccc(F)c(CC(OC(=O)N2CCNCC2)C2CCCNC2)c1. The predicted molar refractivity (Wildman–Crippen MR) is 97.0 cm³/mol. The van der Waals surface area contributed by atoms with Gasteiger partial charge in [-0.15, -0.1) is 0 Å². The van der Waals surface area contributed by atoms with Crippen LogP contribution in [0.2, 0.25) is 0 Å². The summed E-state index contributed by atoms with van der Waals surface area (Å²) in [5, 5.41) is 6.58. The van der Waals surface area contributed by atoms with Gasteiger partial charge in [0.25, 0.3) is 0 Å². The van der Waals surface area contributed by atoms with E-state index in [0.29, 0.717) is 30.8 Å². The number of carbonyl (C=O) groups is 1. The minimum absolute atomic E-state index is 0.182. The van der Waals surface area contributed by atoms with Gasteiger partial charge in [-0.3, -0.25) is 0 Å². The molecule has 3 rings (SSSR count). The molecule has 2 unspecified atom stereocenters. The summed E-state index contributed by atoms with van der Waals surface area (Å²) < 4.78 is 25.4. The second-order valence-electron chi connectivity index (χ2n) is 6.93. The molecule has 0 spiro atoms. The Balaban J connectivity index is 1.73.